The monoisotopic (exact) mass is 276 g/mol. The summed E-state index contributed by atoms with van der Waals surface area (Å²) in [5, 5.41) is 0. The van der Waals surface area contributed by atoms with Gasteiger partial charge < -0.3 is 4.74 Å². The van der Waals surface area contributed by atoms with Crippen molar-refractivity contribution in [2.75, 3.05) is 6.61 Å². The summed E-state index contributed by atoms with van der Waals surface area (Å²) >= 11 is 0. The maximum atomic E-state index is 11.4. The molecule has 0 radical (unpaired) electrons. The highest BCUT2D eigenvalue weighted by Gasteiger charge is 2.74. The average molecular weight is 276 g/mol. The maximum absolute atomic E-state index is 11.4. The maximum Gasteiger partial charge on any atom is 0.302 e. The molecule has 2 heteroatoms. The molecule has 1 saturated carbocycles. The number of carbonyl (C=O) groups is 1. The molecule has 2 aromatic rings. The van der Waals surface area contributed by atoms with Crippen LogP contribution < -0.4 is 0 Å². The number of fused-ring (bicyclic) bond motifs is 7. The van der Waals surface area contributed by atoms with Gasteiger partial charge in [-0.2, -0.15) is 0 Å². The molecule has 3 aliphatic rings. The Bertz CT molecular complexity index is 723. The molecule has 0 spiro atoms. The van der Waals surface area contributed by atoms with Crippen molar-refractivity contribution >= 4 is 5.97 Å². The molecule has 0 aromatic heterocycles. The van der Waals surface area contributed by atoms with Crippen LogP contribution in [0, 0.1) is 5.92 Å². The summed E-state index contributed by atoms with van der Waals surface area (Å²) in [6.07, 6.45) is 0. The van der Waals surface area contributed by atoms with Crippen LogP contribution in [-0.2, 0) is 14.9 Å². The highest BCUT2D eigenvalue weighted by Crippen LogP contribution is 2.80. The number of rotatable bonds is 2. The lowest BCUT2D eigenvalue weighted by atomic mass is 9.76. The van der Waals surface area contributed by atoms with E-state index in [-0.39, 0.29) is 11.4 Å². The van der Waals surface area contributed by atoms with Gasteiger partial charge >= 0.3 is 5.97 Å². The fraction of sp³-hybridized carbons (Fsp3) is 0.316. The van der Waals surface area contributed by atoms with E-state index in [0.29, 0.717) is 24.4 Å². The number of esters is 1. The highest BCUT2D eigenvalue weighted by atomic mass is 16.5. The van der Waals surface area contributed by atoms with E-state index in [1.807, 2.05) is 0 Å². The van der Waals surface area contributed by atoms with Crippen molar-refractivity contribution < 1.29 is 9.53 Å². The van der Waals surface area contributed by atoms with E-state index in [4.69, 9.17) is 4.74 Å². The quantitative estimate of drug-likeness (QED) is 0.786. The Morgan fingerprint density at radius 2 is 1.52 bits per heavy atom. The SMILES string of the molecule is CC(=O)OCC12c3ccccc3C3C(c4ccccc41)C32. The van der Waals surface area contributed by atoms with Gasteiger partial charge in [0.15, 0.2) is 0 Å². The predicted molar refractivity (Wildman–Crippen MR) is 79.3 cm³/mol. The smallest absolute Gasteiger partial charge is 0.302 e. The summed E-state index contributed by atoms with van der Waals surface area (Å²) in [6.45, 7) is 1.98. The second kappa shape index (κ2) is 3.56. The molecule has 1 fully saturated rings. The summed E-state index contributed by atoms with van der Waals surface area (Å²) in [6, 6.07) is 17.4. The van der Waals surface area contributed by atoms with Gasteiger partial charge in [0.1, 0.15) is 6.61 Å². The van der Waals surface area contributed by atoms with Crippen molar-refractivity contribution in [2.24, 2.45) is 5.92 Å². The van der Waals surface area contributed by atoms with Crippen molar-refractivity contribution in [1.82, 2.24) is 0 Å². The van der Waals surface area contributed by atoms with Gasteiger partial charge in [-0.05, 0) is 40.0 Å². The van der Waals surface area contributed by atoms with Gasteiger partial charge in [-0.15, -0.1) is 0 Å². The number of benzene rings is 2. The topological polar surface area (TPSA) is 26.3 Å². The highest BCUT2D eigenvalue weighted by molar-refractivity contribution is 5.70. The first-order chi connectivity index (χ1) is 10.2. The molecule has 2 nitrogen and oxygen atoms in total. The van der Waals surface area contributed by atoms with Gasteiger partial charge in [-0.25, -0.2) is 0 Å². The predicted octanol–water partition coefficient (Wildman–Crippen LogP) is 3.36. The van der Waals surface area contributed by atoms with Crippen LogP contribution in [0.2, 0.25) is 0 Å². The number of hydrogen-bond donors (Lipinski definition) is 0. The van der Waals surface area contributed by atoms with Crippen LogP contribution in [0.5, 0.6) is 0 Å². The molecule has 2 aromatic carbocycles. The zero-order chi connectivity index (χ0) is 14.2. The van der Waals surface area contributed by atoms with E-state index >= 15 is 0 Å². The lowest BCUT2D eigenvalue weighted by Gasteiger charge is -2.30. The lowest BCUT2D eigenvalue weighted by Crippen LogP contribution is -2.33. The summed E-state index contributed by atoms with van der Waals surface area (Å²) in [5.74, 6) is 1.66. The van der Waals surface area contributed by atoms with E-state index in [1.165, 1.54) is 29.2 Å². The van der Waals surface area contributed by atoms with Crippen molar-refractivity contribution in [3.8, 4) is 0 Å². The van der Waals surface area contributed by atoms with Gasteiger partial charge in [0.05, 0.1) is 5.41 Å². The molecule has 104 valence electrons. The molecule has 21 heavy (non-hydrogen) atoms. The minimum absolute atomic E-state index is 0.103. The molecule has 0 bridgehead atoms. The van der Waals surface area contributed by atoms with E-state index in [9.17, 15) is 4.79 Å². The van der Waals surface area contributed by atoms with Crippen LogP contribution in [0.3, 0.4) is 0 Å². The van der Waals surface area contributed by atoms with Crippen LogP contribution in [0.4, 0.5) is 0 Å². The second-order valence-corrected chi connectivity index (χ2v) is 6.50. The molecular weight excluding hydrogens is 260 g/mol. The van der Waals surface area contributed by atoms with Crippen LogP contribution in [0.15, 0.2) is 48.5 Å². The third-order valence-electron chi connectivity index (χ3n) is 5.69. The van der Waals surface area contributed by atoms with E-state index in [1.54, 1.807) is 0 Å². The Morgan fingerprint density at radius 1 is 1.00 bits per heavy atom. The molecule has 3 aliphatic carbocycles. The Balaban J connectivity index is 1.76. The van der Waals surface area contributed by atoms with Gasteiger partial charge in [0.2, 0.25) is 0 Å². The van der Waals surface area contributed by atoms with Gasteiger partial charge in [0, 0.05) is 6.92 Å². The Hall–Kier alpha value is -2.09. The van der Waals surface area contributed by atoms with E-state index in [0.717, 1.165) is 0 Å². The Kier molecular flexibility index (Phi) is 1.96. The summed E-state index contributed by atoms with van der Waals surface area (Å²) in [5.41, 5.74) is 5.59. The lowest BCUT2D eigenvalue weighted by molar-refractivity contribution is -0.142. The molecule has 2 unspecified atom stereocenters. The number of carbonyl (C=O) groups excluding carboxylic acids is 1. The van der Waals surface area contributed by atoms with E-state index in [2.05, 4.69) is 48.5 Å². The van der Waals surface area contributed by atoms with Crippen molar-refractivity contribution in [1.29, 1.82) is 0 Å². The first kappa shape index (κ1) is 11.6. The molecule has 5 rings (SSSR count). The Morgan fingerprint density at radius 3 is 2.05 bits per heavy atom. The van der Waals surface area contributed by atoms with E-state index < -0.39 is 0 Å². The normalized spacial score (nSPS) is 33.1. The molecule has 0 N–H and O–H groups in total. The molecule has 0 amide bonds. The third kappa shape index (κ3) is 1.18. The van der Waals surface area contributed by atoms with Gasteiger partial charge in [-0.3, -0.25) is 4.79 Å². The zero-order valence-corrected chi connectivity index (χ0v) is 11.9. The fourth-order valence-corrected chi connectivity index (χ4v) is 5.06. The molecule has 0 heterocycles. The van der Waals surface area contributed by atoms with Gasteiger partial charge in [-0.1, -0.05) is 48.5 Å². The van der Waals surface area contributed by atoms with Crippen LogP contribution >= 0.6 is 0 Å². The number of hydrogen-bond acceptors (Lipinski definition) is 2. The van der Waals surface area contributed by atoms with Crippen LogP contribution in [-0.4, -0.2) is 12.6 Å². The van der Waals surface area contributed by atoms with Crippen molar-refractivity contribution in [3.05, 3.63) is 70.8 Å². The standard InChI is InChI=1S/C19H16O2/c1-11(20)21-10-19-14-8-4-2-6-12(14)16-17(18(16)19)13-7-3-5-9-15(13)19/h2-9,16-18H,10H2,1H3. The zero-order valence-electron chi connectivity index (χ0n) is 11.9. The fourth-order valence-electron chi connectivity index (χ4n) is 5.06. The largest absolute Gasteiger partial charge is 0.465 e. The van der Waals surface area contributed by atoms with Crippen LogP contribution in [0.1, 0.15) is 41.0 Å². The molecule has 0 aliphatic heterocycles. The van der Waals surface area contributed by atoms with Gasteiger partial charge in [0.25, 0.3) is 0 Å². The van der Waals surface area contributed by atoms with Crippen LogP contribution in [0.25, 0.3) is 0 Å². The minimum Gasteiger partial charge on any atom is -0.465 e. The number of ether oxygens (including phenoxy) is 1. The average Bonchev–Trinajstić information content (AvgIpc) is 3.11. The van der Waals surface area contributed by atoms with Crippen molar-refractivity contribution in [2.45, 2.75) is 24.2 Å². The summed E-state index contributed by atoms with van der Waals surface area (Å²) in [4.78, 5) is 11.4. The molecule has 2 atom stereocenters. The first-order valence-electron chi connectivity index (χ1n) is 7.57. The Labute approximate surface area is 123 Å². The molecule has 0 saturated heterocycles. The summed E-state index contributed by atoms with van der Waals surface area (Å²) < 4.78 is 5.52. The minimum atomic E-state index is -0.188. The summed E-state index contributed by atoms with van der Waals surface area (Å²) in [7, 11) is 0. The third-order valence-corrected chi connectivity index (χ3v) is 5.69. The molecular formula is C19H16O2. The first-order valence-corrected chi connectivity index (χ1v) is 7.57. The van der Waals surface area contributed by atoms with Crippen molar-refractivity contribution in [3.63, 3.8) is 0 Å². The second-order valence-electron chi connectivity index (χ2n) is 6.50.